The van der Waals surface area contributed by atoms with Crippen LogP contribution in [0, 0.1) is 6.92 Å². The van der Waals surface area contributed by atoms with Gasteiger partial charge in [-0.25, -0.2) is 0 Å². The molecule has 0 saturated carbocycles. The maximum Gasteiger partial charge on any atom is 0.120 e. The lowest BCUT2D eigenvalue weighted by Gasteiger charge is -2.26. The minimum absolute atomic E-state index is 0.0516. The first-order chi connectivity index (χ1) is 6.53. The third-order valence-corrected chi connectivity index (χ3v) is 2.27. The van der Waals surface area contributed by atoms with Crippen molar-refractivity contribution < 1.29 is 4.74 Å². The van der Waals surface area contributed by atoms with Gasteiger partial charge in [-0.3, -0.25) is 0 Å². The zero-order valence-corrected chi connectivity index (χ0v) is 9.63. The van der Waals surface area contributed by atoms with Crippen molar-refractivity contribution >= 4 is 0 Å². The molecule has 0 amide bonds. The van der Waals surface area contributed by atoms with Crippen LogP contribution in [0.4, 0.5) is 0 Å². The van der Waals surface area contributed by atoms with Gasteiger partial charge in [-0.05, 0) is 39.3 Å². The Hall–Kier alpha value is -0.980. The SMILES string of the molecule is CCCC(C)(C)Oc1ccc(C)cc1. The molecule has 0 N–H and O–H groups in total. The second-order valence-corrected chi connectivity index (χ2v) is 4.42. The lowest BCUT2D eigenvalue weighted by atomic mass is 10.0. The Bertz CT molecular complexity index is 272. The number of rotatable bonds is 4. The summed E-state index contributed by atoms with van der Waals surface area (Å²) in [5.74, 6) is 0.967. The van der Waals surface area contributed by atoms with Gasteiger partial charge in [0.2, 0.25) is 0 Å². The summed E-state index contributed by atoms with van der Waals surface area (Å²) in [4.78, 5) is 0. The third-order valence-electron chi connectivity index (χ3n) is 2.27. The summed E-state index contributed by atoms with van der Waals surface area (Å²) in [6, 6.07) is 8.23. The largest absolute Gasteiger partial charge is 0.488 e. The number of ether oxygens (including phenoxy) is 1. The predicted molar refractivity (Wildman–Crippen MR) is 60.8 cm³/mol. The maximum atomic E-state index is 5.90. The van der Waals surface area contributed by atoms with Gasteiger partial charge in [0.25, 0.3) is 0 Å². The Balaban J connectivity index is 2.64. The van der Waals surface area contributed by atoms with E-state index in [-0.39, 0.29) is 5.60 Å². The van der Waals surface area contributed by atoms with Gasteiger partial charge in [0.1, 0.15) is 11.4 Å². The molecule has 0 aliphatic carbocycles. The van der Waals surface area contributed by atoms with E-state index in [1.54, 1.807) is 0 Å². The minimum atomic E-state index is -0.0516. The normalized spacial score (nSPS) is 11.4. The van der Waals surface area contributed by atoms with Gasteiger partial charge in [-0.1, -0.05) is 31.0 Å². The Kier molecular flexibility index (Phi) is 3.56. The molecule has 0 radical (unpaired) electrons. The van der Waals surface area contributed by atoms with E-state index in [1.165, 1.54) is 5.56 Å². The second kappa shape index (κ2) is 4.50. The highest BCUT2D eigenvalue weighted by molar-refractivity contribution is 5.26. The van der Waals surface area contributed by atoms with Crippen molar-refractivity contribution in [3.63, 3.8) is 0 Å². The van der Waals surface area contributed by atoms with Crippen LogP contribution in [-0.2, 0) is 0 Å². The molecular formula is C13H20O. The average molecular weight is 192 g/mol. The van der Waals surface area contributed by atoms with E-state index in [4.69, 9.17) is 4.74 Å². The molecule has 0 aliphatic heterocycles. The van der Waals surface area contributed by atoms with E-state index >= 15 is 0 Å². The molecule has 1 rings (SSSR count). The van der Waals surface area contributed by atoms with Crippen molar-refractivity contribution in [1.29, 1.82) is 0 Å². The summed E-state index contributed by atoms with van der Waals surface area (Å²) in [6.45, 7) is 8.54. The molecule has 1 nitrogen and oxygen atoms in total. The second-order valence-electron chi connectivity index (χ2n) is 4.42. The smallest absolute Gasteiger partial charge is 0.120 e. The molecule has 0 aromatic heterocycles. The number of benzene rings is 1. The number of hydrogen-bond donors (Lipinski definition) is 0. The molecule has 78 valence electrons. The van der Waals surface area contributed by atoms with Crippen LogP contribution >= 0.6 is 0 Å². The van der Waals surface area contributed by atoms with Crippen LogP contribution in [0.5, 0.6) is 5.75 Å². The Morgan fingerprint density at radius 1 is 1.14 bits per heavy atom. The first-order valence-electron chi connectivity index (χ1n) is 5.29. The van der Waals surface area contributed by atoms with Crippen LogP contribution < -0.4 is 4.74 Å². The van der Waals surface area contributed by atoms with Crippen molar-refractivity contribution in [1.82, 2.24) is 0 Å². The van der Waals surface area contributed by atoms with Gasteiger partial charge >= 0.3 is 0 Å². The van der Waals surface area contributed by atoms with E-state index in [2.05, 4.69) is 39.8 Å². The van der Waals surface area contributed by atoms with Gasteiger partial charge in [0.15, 0.2) is 0 Å². The summed E-state index contributed by atoms with van der Waals surface area (Å²) in [6.07, 6.45) is 2.24. The van der Waals surface area contributed by atoms with Crippen LogP contribution in [0.1, 0.15) is 39.2 Å². The van der Waals surface area contributed by atoms with Gasteiger partial charge in [-0.2, -0.15) is 0 Å². The van der Waals surface area contributed by atoms with E-state index in [1.807, 2.05) is 12.1 Å². The zero-order valence-electron chi connectivity index (χ0n) is 9.63. The van der Waals surface area contributed by atoms with Crippen LogP contribution in [0.3, 0.4) is 0 Å². The van der Waals surface area contributed by atoms with Gasteiger partial charge in [-0.15, -0.1) is 0 Å². The molecule has 0 atom stereocenters. The maximum absolute atomic E-state index is 5.90. The molecule has 1 aromatic carbocycles. The van der Waals surface area contributed by atoms with Crippen molar-refractivity contribution in [2.75, 3.05) is 0 Å². The standard InChI is InChI=1S/C13H20O/c1-5-10-13(3,4)14-12-8-6-11(2)7-9-12/h6-9H,5,10H2,1-4H3. The highest BCUT2D eigenvalue weighted by atomic mass is 16.5. The minimum Gasteiger partial charge on any atom is -0.488 e. The molecule has 0 spiro atoms. The van der Waals surface area contributed by atoms with Gasteiger partial charge in [0.05, 0.1) is 0 Å². The van der Waals surface area contributed by atoms with Gasteiger partial charge in [0, 0.05) is 0 Å². The van der Waals surface area contributed by atoms with Crippen LogP contribution in [0.15, 0.2) is 24.3 Å². The highest BCUT2D eigenvalue weighted by Gasteiger charge is 2.17. The van der Waals surface area contributed by atoms with Crippen molar-refractivity contribution in [3.8, 4) is 5.75 Å². The van der Waals surface area contributed by atoms with Crippen LogP contribution in [0.25, 0.3) is 0 Å². The lowest BCUT2D eigenvalue weighted by molar-refractivity contribution is 0.0986. The molecule has 0 aliphatic rings. The molecule has 0 saturated heterocycles. The van der Waals surface area contributed by atoms with E-state index in [9.17, 15) is 0 Å². The Labute approximate surface area is 87.1 Å². The molecule has 1 heteroatoms. The number of aryl methyl sites for hydroxylation is 1. The fourth-order valence-corrected chi connectivity index (χ4v) is 1.58. The van der Waals surface area contributed by atoms with Gasteiger partial charge < -0.3 is 4.74 Å². The molecule has 0 heterocycles. The monoisotopic (exact) mass is 192 g/mol. The number of hydrogen-bond acceptors (Lipinski definition) is 1. The lowest BCUT2D eigenvalue weighted by Crippen LogP contribution is -2.27. The summed E-state index contributed by atoms with van der Waals surface area (Å²) < 4.78 is 5.90. The fourth-order valence-electron chi connectivity index (χ4n) is 1.58. The summed E-state index contributed by atoms with van der Waals surface area (Å²) >= 11 is 0. The van der Waals surface area contributed by atoms with Crippen molar-refractivity contribution in [2.24, 2.45) is 0 Å². The van der Waals surface area contributed by atoms with Crippen molar-refractivity contribution in [3.05, 3.63) is 29.8 Å². The van der Waals surface area contributed by atoms with E-state index in [0.717, 1.165) is 18.6 Å². The molecule has 14 heavy (non-hydrogen) atoms. The average Bonchev–Trinajstić information content (AvgIpc) is 2.08. The zero-order chi connectivity index (χ0) is 10.6. The highest BCUT2D eigenvalue weighted by Crippen LogP contribution is 2.22. The molecule has 0 bridgehead atoms. The van der Waals surface area contributed by atoms with Crippen LogP contribution in [0.2, 0.25) is 0 Å². The fraction of sp³-hybridized carbons (Fsp3) is 0.538. The van der Waals surface area contributed by atoms with E-state index in [0.29, 0.717) is 0 Å². The first-order valence-corrected chi connectivity index (χ1v) is 5.29. The molecule has 0 unspecified atom stereocenters. The summed E-state index contributed by atoms with van der Waals surface area (Å²) in [7, 11) is 0. The Morgan fingerprint density at radius 2 is 1.71 bits per heavy atom. The molecular weight excluding hydrogens is 172 g/mol. The summed E-state index contributed by atoms with van der Waals surface area (Å²) in [5, 5.41) is 0. The van der Waals surface area contributed by atoms with Crippen LogP contribution in [-0.4, -0.2) is 5.60 Å². The van der Waals surface area contributed by atoms with E-state index < -0.39 is 0 Å². The third kappa shape index (κ3) is 3.41. The first kappa shape index (κ1) is 11.1. The molecule has 1 aromatic rings. The molecule has 0 fully saturated rings. The topological polar surface area (TPSA) is 9.23 Å². The Morgan fingerprint density at radius 3 is 2.21 bits per heavy atom. The van der Waals surface area contributed by atoms with Crippen molar-refractivity contribution in [2.45, 2.75) is 46.1 Å². The quantitative estimate of drug-likeness (QED) is 0.701. The summed E-state index contributed by atoms with van der Waals surface area (Å²) in [5.41, 5.74) is 1.22. The predicted octanol–water partition coefficient (Wildman–Crippen LogP) is 3.95.